The molecule has 1 heterocycles. The van der Waals surface area contributed by atoms with Gasteiger partial charge in [-0.15, -0.1) is 0 Å². The van der Waals surface area contributed by atoms with Gasteiger partial charge < -0.3 is 15.2 Å². The number of carboxylic acid groups (broad SMARTS) is 1. The van der Waals surface area contributed by atoms with E-state index in [1.165, 1.54) is 19.5 Å². The summed E-state index contributed by atoms with van der Waals surface area (Å²) < 4.78 is 5.17. The lowest BCUT2D eigenvalue weighted by Gasteiger charge is -2.10. The molecule has 2 N–H and O–H groups in total. The zero-order chi connectivity index (χ0) is 13.8. The Kier molecular flexibility index (Phi) is 3.82. The van der Waals surface area contributed by atoms with Crippen molar-refractivity contribution in [1.29, 1.82) is 0 Å². The molecule has 0 saturated heterocycles. The Morgan fingerprint density at radius 3 is 2.74 bits per heavy atom. The Labute approximate surface area is 114 Å². The first-order valence-electron chi connectivity index (χ1n) is 5.26. The number of rotatable bonds is 4. The van der Waals surface area contributed by atoms with E-state index in [-0.39, 0.29) is 5.69 Å². The Bertz CT molecular complexity index is 602. The van der Waals surface area contributed by atoms with Crippen LogP contribution in [-0.4, -0.2) is 28.2 Å². The van der Waals surface area contributed by atoms with Crippen LogP contribution in [0.3, 0.4) is 0 Å². The van der Waals surface area contributed by atoms with E-state index in [1.807, 2.05) is 0 Å². The third-order valence-corrected chi connectivity index (χ3v) is 2.53. The van der Waals surface area contributed by atoms with Gasteiger partial charge in [0.1, 0.15) is 11.6 Å². The second kappa shape index (κ2) is 5.53. The number of hydrogen-bond acceptors (Lipinski definition) is 5. The van der Waals surface area contributed by atoms with Gasteiger partial charge in [-0.3, -0.25) is 0 Å². The molecular formula is C12H10ClN3O3. The molecule has 1 aromatic heterocycles. The lowest BCUT2D eigenvalue weighted by atomic mass is 10.3. The van der Waals surface area contributed by atoms with E-state index in [9.17, 15) is 4.79 Å². The molecule has 1 aromatic carbocycles. The van der Waals surface area contributed by atoms with Gasteiger partial charge in [0.2, 0.25) is 0 Å². The summed E-state index contributed by atoms with van der Waals surface area (Å²) in [6.07, 6.45) is 2.49. The van der Waals surface area contributed by atoms with Crippen molar-refractivity contribution in [1.82, 2.24) is 9.97 Å². The molecule has 0 amide bonds. The maximum Gasteiger partial charge on any atom is 0.356 e. The van der Waals surface area contributed by atoms with Gasteiger partial charge >= 0.3 is 5.97 Å². The Morgan fingerprint density at radius 1 is 1.37 bits per heavy atom. The second-order valence-electron chi connectivity index (χ2n) is 3.56. The Hall–Kier alpha value is -2.34. The molecule has 19 heavy (non-hydrogen) atoms. The first-order chi connectivity index (χ1) is 9.10. The highest BCUT2D eigenvalue weighted by Gasteiger charge is 2.07. The molecule has 0 bridgehead atoms. The molecule has 0 spiro atoms. The van der Waals surface area contributed by atoms with Gasteiger partial charge in [-0.2, -0.15) is 0 Å². The molecule has 0 aliphatic carbocycles. The van der Waals surface area contributed by atoms with Gasteiger partial charge in [0.25, 0.3) is 0 Å². The number of carboxylic acids is 1. The first-order valence-corrected chi connectivity index (χ1v) is 5.64. The van der Waals surface area contributed by atoms with Gasteiger partial charge in [0.05, 0.1) is 25.2 Å². The molecular weight excluding hydrogens is 270 g/mol. The van der Waals surface area contributed by atoms with Crippen LogP contribution in [0.1, 0.15) is 10.5 Å². The van der Waals surface area contributed by atoms with Gasteiger partial charge in [-0.25, -0.2) is 14.8 Å². The number of aromatic carboxylic acids is 1. The largest absolute Gasteiger partial charge is 0.495 e. The fraction of sp³-hybridized carbons (Fsp3) is 0.0833. The molecule has 0 fully saturated rings. The third-order valence-electron chi connectivity index (χ3n) is 2.30. The van der Waals surface area contributed by atoms with E-state index in [0.717, 1.165) is 0 Å². The monoisotopic (exact) mass is 279 g/mol. The van der Waals surface area contributed by atoms with E-state index in [0.29, 0.717) is 22.3 Å². The maximum atomic E-state index is 10.7. The number of hydrogen-bond donors (Lipinski definition) is 2. The fourth-order valence-corrected chi connectivity index (χ4v) is 1.59. The van der Waals surface area contributed by atoms with Crippen molar-refractivity contribution in [2.24, 2.45) is 0 Å². The molecule has 0 atom stereocenters. The number of halogens is 1. The number of benzene rings is 1. The topological polar surface area (TPSA) is 84.3 Å². The maximum absolute atomic E-state index is 10.7. The first kappa shape index (κ1) is 13.1. The molecule has 0 aliphatic heterocycles. The van der Waals surface area contributed by atoms with Crippen molar-refractivity contribution >= 4 is 29.1 Å². The summed E-state index contributed by atoms with van der Waals surface area (Å²) in [5, 5.41) is 12.2. The van der Waals surface area contributed by atoms with E-state index in [4.69, 9.17) is 21.4 Å². The smallest absolute Gasteiger partial charge is 0.356 e. The summed E-state index contributed by atoms with van der Waals surface area (Å²) in [7, 11) is 1.54. The highest BCUT2D eigenvalue weighted by atomic mass is 35.5. The molecule has 0 saturated carbocycles. The zero-order valence-electron chi connectivity index (χ0n) is 9.92. The van der Waals surface area contributed by atoms with Crippen molar-refractivity contribution in [3.05, 3.63) is 41.3 Å². The normalized spacial score (nSPS) is 10.0. The van der Waals surface area contributed by atoms with Crippen LogP contribution in [0.5, 0.6) is 5.75 Å². The minimum atomic E-state index is -1.13. The Morgan fingerprint density at radius 2 is 2.16 bits per heavy atom. The molecule has 7 heteroatoms. The number of methoxy groups -OCH3 is 1. The van der Waals surface area contributed by atoms with Gasteiger partial charge in [-0.1, -0.05) is 11.6 Å². The van der Waals surface area contributed by atoms with Crippen molar-refractivity contribution in [3.8, 4) is 5.75 Å². The van der Waals surface area contributed by atoms with Crippen LogP contribution in [0.2, 0.25) is 5.02 Å². The van der Waals surface area contributed by atoms with E-state index in [2.05, 4.69) is 15.3 Å². The van der Waals surface area contributed by atoms with Crippen LogP contribution in [0.25, 0.3) is 0 Å². The minimum Gasteiger partial charge on any atom is -0.495 e. The average Bonchev–Trinajstić information content (AvgIpc) is 2.39. The van der Waals surface area contributed by atoms with Crippen molar-refractivity contribution in [2.45, 2.75) is 0 Å². The predicted molar refractivity (Wildman–Crippen MR) is 70.3 cm³/mol. The number of nitrogens with zero attached hydrogens (tertiary/aromatic N) is 2. The molecule has 2 aromatic rings. The lowest BCUT2D eigenvalue weighted by Crippen LogP contribution is -2.03. The van der Waals surface area contributed by atoms with E-state index < -0.39 is 5.97 Å². The summed E-state index contributed by atoms with van der Waals surface area (Å²) in [4.78, 5) is 18.4. The quantitative estimate of drug-likeness (QED) is 0.895. The minimum absolute atomic E-state index is 0.122. The van der Waals surface area contributed by atoms with Crippen LogP contribution >= 0.6 is 11.6 Å². The van der Waals surface area contributed by atoms with Gasteiger partial charge in [0, 0.05) is 5.02 Å². The van der Waals surface area contributed by atoms with Crippen LogP contribution in [0, 0.1) is 0 Å². The summed E-state index contributed by atoms with van der Waals surface area (Å²) in [6, 6.07) is 5.08. The number of ether oxygens (including phenoxy) is 1. The van der Waals surface area contributed by atoms with Crippen LogP contribution in [0.15, 0.2) is 30.6 Å². The third kappa shape index (κ3) is 3.11. The van der Waals surface area contributed by atoms with E-state index >= 15 is 0 Å². The fourth-order valence-electron chi connectivity index (χ4n) is 1.42. The molecule has 6 nitrogen and oxygen atoms in total. The summed E-state index contributed by atoms with van der Waals surface area (Å²) >= 11 is 5.90. The van der Waals surface area contributed by atoms with Crippen LogP contribution in [0.4, 0.5) is 11.5 Å². The van der Waals surface area contributed by atoms with Gasteiger partial charge in [0.15, 0.2) is 5.69 Å². The number of anilines is 2. The average molecular weight is 280 g/mol. The summed E-state index contributed by atoms with van der Waals surface area (Å²) in [5.74, 6) is -0.140. The van der Waals surface area contributed by atoms with Crippen LogP contribution < -0.4 is 10.1 Å². The molecule has 0 unspecified atom stereocenters. The Balaban J connectivity index is 2.25. The highest BCUT2D eigenvalue weighted by molar-refractivity contribution is 6.31. The van der Waals surface area contributed by atoms with Crippen molar-refractivity contribution in [3.63, 3.8) is 0 Å². The second-order valence-corrected chi connectivity index (χ2v) is 4.00. The van der Waals surface area contributed by atoms with Crippen LogP contribution in [-0.2, 0) is 0 Å². The molecule has 2 rings (SSSR count). The number of carbonyl (C=O) groups is 1. The van der Waals surface area contributed by atoms with Crippen molar-refractivity contribution in [2.75, 3.05) is 12.4 Å². The lowest BCUT2D eigenvalue weighted by molar-refractivity contribution is 0.0690. The van der Waals surface area contributed by atoms with Gasteiger partial charge in [-0.05, 0) is 18.2 Å². The zero-order valence-corrected chi connectivity index (χ0v) is 10.7. The summed E-state index contributed by atoms with van der Waals surface area (Å²) in [6.45, 7) is 0. The number of aromatic nitrogens is 2. The molecule has 98 valence electrons. The molecule has 0 aliphatic rings. The van der Waals surface area contributed by atoms with E-state index in [1.54, 1.807) is 18.2 Å². The summed E-state index contributed by atoms with van der Waals surface area (Å²) in [5.41, 5.74) is 0.496. The number of nitrogens with one attached hydrogen (secondary N) is 1. The standard InChI is InChI=1S/C12H10ClN3O3/c1-19-10-3-2-7(13)4-8(10)16-11-6-14-9(5-15-11)12(17)18/h2-6H,1H3,(H,15,16)(H,17,18). The predicted octanol–water partition coefficient (Wildman–Crippen LogP) is 2.58. The van der Waals surface area contributed by atoms with Crippen molar-refractivity contribution < 1.29 is 14.6 Å². The highest BCUT2D eigenvalue weighted by Crippen LogP contribution is 2.29. The molecule has 0 radical (unpaired) electrons. The SMILES string of the molecule is COc1ccc(Cl)cc1Nc1cnc(C(=O)O)cn1.